The van der Waals surface area contributed by atoms with E-state index in [0.29, 0.717) is 6.54 Å². The third-order valence-electron chi connectivity index (χ3n) is 2.87. The lowest BCUT2D eigenvalue weighted by atomic mass is 10.1. The van der Waals surface area contributed by atoms with Crippen LogP contribution in [0.4, 0.5) is 5.69 Å². The molecule has 0 atom stereocenters. The minimum absolute atomic E-state index is 0.717. The molecule has 1 aromatic carbocycles. The minimum atomic E-state index is 0.717. The van der Waals surface area contributed by atoms with Gasteiger partial charge in [0.25, 0.3) is 0 Å². The molecule has 0 saturated heterocycles. The largest absolute Gasteiger partial charge is 0.379 e. The van der Waals surface area contributed by atoms with Crippen molar-refractivity contribution < 1.29 is 0 Å². The third-order valence-corrected chi connectivity index (χ3v) is 3.99. The van der Waals surface area contributed by atoms with Crippen LogP contribution in [0.25, 0.3) is 0 Å². The predicted octanol–water partition coefficient (Wildman–Crippen LogP) is 5.17. The van der Waals surface area contributed by atoms with Crippen molar-refractivity contribution in [1.29, 1.82) is 0 Å². The molecule has 0 aliphatic rings. The highest BCUT2D eigenvalue weighted by Crippen LogP contribution is 2.22. The molecule has 2 rings (SSSR count). The van der Waals surface area contributed by atoms with E-state index in [9.17, 15) is 0 Å². The van der Waals surface area contributed by atoms with Crippen LogP contribution in [0.3, 0.4) is 0 Å². The van der Waals surface area contributed by atoms with Gasteiger partial charge in [-0.05, 0) is 56.0 Å². The van der Waals surface area contributed by atoms with Crippen molar-refractivity contribution in [2.24, 2.45) is 0 Å². The summed E-state index contributed by atoms with van der Waals surface area (Å²) in [5.74, 6) is 0. The summed E-state index contributed by atoms with van der Waals surface area (Å²) >= 11 is 6.95. The monoisotopic (exact) mass is 382 g/mol. The fraction of sp³-hybridized carbons (Fsp3) is 0.267. The van der Waals surface area contributed by atoms with Crippen molar-refractivity contribution >= 4 is 37.5 Å². The zero-order chi connectivity index (χ0) is 13.7. The van der Waals surface area contributed by atoms with Gasteiger partial charge in [0.15, 0.2) is 0 Å². The maximum atomic E-state index is 4.41. The number of aryl methyl sites for hydroxylation is 1. The van der Waals surface area contributed by atoms with Gasteiger partial charge >= 0.3 is 0 Å². The smallest absolute Gasteiger partial charge is 0.0737 e. The summed E-state index contributed by atoms with van der Waals surface area (Å²) in [4.78, 5) is 4.41. The van der Waals surface area contributed by atoms with Crippen molar-refractivity contribution in [2.75, 3.05) is 5.32 Å². The first-order chi connectivity index (χ1) is 9.20. The number of hydrogen-bond acceptors (Lipinski definition) is 2. The lowest BCUT2D eigenvalue weighted by Gasteiger charge is -2.12. The van der Waals surface area contributed by atoms with Gasteiger partial charge in [-0.3, -0.25) is 4.98 Å². The van der Waals surface area contributed by atoms with E-state index in [0.717, 1.165) is 27.5 Å². The van der Waals surface area contributed by atoms with Crippen molar-refractivity contribution in [2.45, 2.75) is 26.3 Å². The number of para-hydroxylation sites is 1. The maximum Gasteiger partial charge on any atom is 0.0737 e. The first kappa shape index (κ1) is 14.5. The second-order valence-corrected chi connectivity index (χ2v) is 6.11. The van der Waals surface area contributed by atoms with E-state index in [4.69, 9.17) is 0 Å². The molecule has 0 radical (unpaired) electrons. The van der Waals surface area contributed by atoms with Crippen LogP contribution in [-0.4, -0.2) is 4.98 Å². The van der Waals surface area contributed by atoms with E-state index in [1.165, 1.54) is 11.3 Å². The number of nitrogens with zero attached hydrogens (tertiary/aromatic N) is 1. The summed E-state index contributed by atoms with van der Waals surface area (Å²) in [6.45, 7) is 2.91. The van der Waals surface area contributed by atoms with Crippen LogP contribution in [0.1, 0.15) is 24.6 Å². The van der Waals surface area contributed by atoms with Gasteiger partial charge < -0.3 is 5.32 Å². The summed E-state index contributed by atoms with van der Waals surface area (Å²) in [6.07, 6.45) is 4.07. The Labute approximate surface area is 130 Å². The molecule has 0 spiro atoms. The highest BCUT2D eigenvalue weighted by Gasteiger charge is 2.04. The molecule has 19 heavy (non-hydrogen) atoms. The standard InChI is InChI=1S/C15H16Br2N2/c1-2-5-11-6-3-4-7-14(11)19-10-15-13(17)8-12(16)9-18-15/h3-4,6-9,19H,2,5,10H2,1H3. The predicted molar refractivity (Wildman–Crippen MR) is 87.4 cm³/mol. The first-order valence-electron chi connectivity index (χ1n) is 6.32. The molecule has 100 valence electrons. The second-order valence-electron chi connectivity index (χ2n) is 4.34. The number of hydrogen-bond donors (Lipinski definition) is 1. The SMILES string of the molecule is CCCc1ccccc1NCc1ncc(Br)cc1Br. The molecule has 2 nitrogen and oxygen atoms in total. The average molecular weight is 384 g/mol. The second kappa shape index (κ2) is 7.06. The molecular formula is C15H16Br2N2. The van der Waals surface area contributed by atoms with Gasteiger partial charge in [-0.25, -0.2) is 0 Å². The number of rotatable bonds is 5. The summed E-state index contributed by atoms with van der Waals surface area (Å²) < 4.78 is 2.00. The van der Waals surface area contributed by atoms with Crippen LogP contribution in [0.2, 0.25) is 0 Å². The molecule has 0 saturated carbocycles. The number of aromatic nitrogens is 1. The molecule has 1 aromatic heterocycles. The molecule has 0 bridgehead atoms. The zero-order valence-corrected chi connectivity index (χ0v) is 14.0. The number of anilines is 1. The van der Waals surface area contributed by atoms with Crippen LogP contribution in [0.5, 0.6) is 0 Å². The molecule has 0 fully saturated rings. The number of pyridine rings is 1. The zero-order valence-electron chi connectivity index (χ0n) is 10.8. The molecule has 1 heterocycles. The van der Waals surface area contributed by atoms with Gasteiger partial charge in [0.2, 0.25) is 0 Å². The lowest BCUT2D eigenvalue weighted by molar-refractivity contribution is 0.917. The van der Waals surface area contributed by atoms with Crippen molar-refractivity contribution in [3.63, 3.8) is 0 Å². The van der Waals surface area contributed by atoms with Crippen LogP contribution in [-0.2, 0) is 13.0 Å². The number of nitrogens with one attached hydrogen (secondary N) is 1. The normalized spacial score (nSPS) is 10.5. The van der Waals surface area contributed by atoms with Gasteiger partial charge in [0.1, 0.15) is 0 Å². The summed E-state index contributed by atoms with van der Waals surface area (Å²) in [7, 11) is 0. The molecule has 0 amide bonds. The highest BCUT2D eigenvalue weighted by molar-refractivity contribution is 9.11. The van der Waals surface area contributed by atoms with Gasteiger partial charge in [-0.1, -0.05) is 31.5 Å². The number of benzene rings is 1. The summed E-state index contributed by atoms with van der Waals surface area (Å²) in [5, 5.41) is 3.47. The Morgan fingerprint density at radius 1 is 1.21 bits per heavy atom. The van der Waals surface area contributed by atoms with Crippen LogP contribution in [0, 0.1) is 0 Å². The van der Waals surface area contributed by atoms with E-state index in [-0.39, 0.29) is 0 Å². The van der Waals surface area contributed by atoms with Gasteiger partial charge in [0, 0.05) is 20.8 Å². The number of halogens is 2. The van der Waals surface area contributed by atoms with Gasteiger partial charge in [-0.15, -0.1) is 0 Å². The fourth-order valence-corrected chi connectivity index (χ4v) is 3.06. The maximum absolute atomic E-state index is 4.41. The van der Waals surface area contributed by atoms with Crippen LogP contribution >= 0.6 is 31.9 Å². The average Bonchev–Trinajstić information content (AvgIpc) is 2.40. The van der Waals surface area contributed by atoms with Gasteiger partial charge in [0.05, 0.1) is 12.2 Å². The Hall–Kier alpha value is -0.870. The molecule has 0 aliphatic heterocycles. The van der Waals surface area contributed by atoms with Crippen molar-refractivity contribution in [3.8, 4) is 0 Å². The Morgan fingerprint density at radius 2 is 2.00 bits per heavy atom. The molecule has 1 N–H and O–H groups in total. The van der Waals surface area contributed by atoms with E-state index < -0.39 is 0 Å². The molecule has 4 heteroatoms. The Bertz CT molecular complexity index is 556. The highest BCUT2D eigenvalue weighted by atomic mass is 79.9. The topological polar surface area (TPSA) is 24.9 Å². The Balaban J connectivity index is 2.10. The van der Waals surface area contributed by atoms with Gasteiger partial charge in [-0.2, -0.15) is 0 Å². The third kappa shape index (κ3) is 4.05. The van der Waals surface area contributed by atoms with E-state index in [2.05, 4.69) is 73.3 Å². The Morgan fingerprint density at radius 3 is 2.74 bits per heavy atom. The molecule has 2 aromatic rings. The first-order valence-corrected chi connectivity index (χ1v) is 7.91. The summed E-state index contributed by atoms with van der Waals surface area (Å²) in [5.41, 5.74) is 3.56. The van der Waals surface area contributed by atoms with E-state index in [1.807, 2.05) is 12.3 Å². The van der Waals surface area contributed by atoms with E-state index in [1.54, 1.807) is 0 Å². The Kier molecular flexibility index (Phi) is 5.40. The van der Waals surface area contributed by atoms with Crippen LogP contribution < -0.4 is 5.32 Å². The van der Waals surface area contributed by atoms with E-state index >= 15 is 0 Å². The minimum Gasteiger partial charge on any atom is -0.379 e. The van der Waals surface area contributed by atoms with Crippen molar-refractivity contribution in [1.82, 2.24) is 4.98 Å². The fourth-order valence-electron chi connectivity index (χ4n) is 1.93. The molecule has 0 aliphatic carbocycles. The molecular weight excluding hydrogens is 368 g/mol. The molecule has 0 unspecified atom stereocenters. The quantitative estimate of drug-likeness (QED) is 0.770. The van der Waals surface area contributed by atoms with Crippen molar-refractivity contribution in [3.05, 3.63) is 56.7 Å². The summed E-state index contributed by atoms with van der Waals surface area (Å²) in [6, 6.07) is 10.5. The lowest BCUT2D eigenvalue weighted by Crippen LogP contribution is -2.04. The van der Waals surface area contributed by atoms with Crippen LogP contribution in [0.15, 0.2) is 45.5 Å².